The van der Waals surface area contributed by atoms with E-state index in [1.807, 2.05) is 266 Å². The number of pyridine rings is 9. The molecule has 0 atom stereocenters. The monoisotopic (exact) mass is 2010 g/mol. The zero-order valence-corrected chi connectivity index (χ0v) is 68.8. The summed E-state index contributed by atoms with van der Waals surface area (Å²) in [5.41, 5.74) is 18.6. The van der Waals surface area contributed by atoms with E-state index >= 15 is 0 Å². The van der Waals surface area contributed by atoms with Crippen molar-refractivity contribution < 1.29 is 60.3 Å². The predicted molar refractivity (Wildman–Crippen MR) is 452 cm³/mol. The van der Waals surface area contributed by atoms with Crippen molar-refractivity contribution in [2.75, 3.05) is 35.8 Å². The van der Waals surface area contributed by atoms with Crippen molar-refractivity contribution in [1.29, 1.82) is 0 Å². The Kier molecular flexibility index (Phi) is 21.7. The Labute approximate surface area is 698 Å². The summed E-state index contributed by atoms with van der Waals surface area (Å²) in [7, 11) is 6.00. The van der Waals surface area contributed by atoms with Crippen molar-refractivity contribution in [2.24, 2.45) is 0 Å². The topological polar surface area (TPSA) is 110 Å². The fourth-order valence-electron chi connectivity index (χ4n) is 14.9. The van der Waals surface area contributed by atoms with Crippen LogP contribution in [0.3, 0.4) is 0 Å². The van der Waals surface area contributed by atoms with Crippen LogP contribution in [0.2, 0.25) is 0 Å². The molecule has 0 N–H and O–H groups in total. The first-order valence-corrected chi connectivity index (χ1v) is 36.4. The molecule has 0 aliphatic carbocycles. The number of fused-ring (bicyclic) bond motifs is 29. The number of aromatic nitrogens is 9. The standard InChI is InChI=1S/3C22H12N3.3C10H10N2.3Ir/c1-4-10-18-14(6-1)12-19-22-16(8-5-11-23-22)21-15-7-2-3-9-17(15)24-13-20(21)25(18)19;1-3-8-16-15(7-1)13-24-21-17-9-5-11-23-20(17)19-12-14-6-2-4-10-18(14)25(19)22(16)21;1-3-9-18-14(6-1)12-17-16-8-5-11-23-21(16)20-13-15-7-2-4-10-19(15)25(20)22(17)24-18;3*1-11-7-8-12(9-11)10-5-3-2-4-6-10;;;/h2*1-11,13H;1-12H;3*2-5,7-9H,1H3;;;/q3*-1;3*-2;3*+3. The SMILES string of the molecule is CN1C=CN(c2[c-]cccc2)[CH-]1.CN1C=CN(c2[c-]cccc2)[CH-]1.CN1C=CN(c2[c-]cccc2)[CH-]1.[Ir+3].[Ir+3].[Ir+3].[c-]1c2ccccc2n2c1c1ncccc1c1c3ccccc3ncc12.[c-]1c2ccccc2n2c1c1ncccc1c1cc3ccccc3nc12.[c-]1c2ccccc2n2c1c1ncccc1c1ncc3ccccc3c12. The molecule has 0 radical (unpaired) electrons. The summed E-state index contributed by atoms with van der Waals surface area (Å²) in [6, 6.07) is 108. The van der Waals surface area contributed by atoms with Crippen LogP contribution >= 0.6 is 0 Å². The summed E-state index contributed by atoms with van der Waals surface area (Å²) in [5.74, 6) is 0. The van der Waals surface area contributed by atoms with Crippen LogP contribution in [0.1, 0.15) is 0 Å². The van der Waals surface area contributed by atoms with Gasteiger partial charge in [0.05, 0.1) is 33.8 Å². The zero-order chi connectivity index (χ0) is 74.3. The Morgan fingerprint density at radius 3 is 1.26 bits per heavy atom. The second kappa shape index (κ2) is 32.9. The number of nitrogens with zero attached hydrogens (tertiary/aromatic N) is 15. The predicted octanol–water partition coefficient (Wildman–Crippen LogP) is 20.9. The number of benzene rings is 9. The maximum absolute atomic E-state index is 4.99. The molecule has 552 valence electrons. The van der Waals surface area contributed by atoms with Crippen LogP contribution in [0.5, 0.6) is 0 Å². The smallest absolute Gasteiger partial charge is 0.510 e. The van der Waals surface area contributed by atoms with Gasteiger partial charge in [-0.05, 0) is 144 Å². The second-order valence-electron chi connectivity index (χ2n) is 27.0. The summed E-state index contributed by atoms with van der Waals surface area (Å²) < 4.78 is 6.68. The van der Waals surface area contributed by atoms with Crippen LogP contribution in [0.4, 0.5) is 17.1 Å². The molecule has 0 saturated heterocycles. The average molecular weight is 2010 g/mol. The van der Waals surface area contributed by atoms with E-state index in [9.17, 15) is 0 Å². The van der Waals surface area contributed by atoms with E-state index in [0.29, 0.717) is 0 Å². The van der Waals surface area contributed by atoms with Gasteiger partial charge in [0.1, 0.15) is 5.65 Å². The fraction of sp³-hybridized carbons (Fsp3) is 0.0312. The van der Waals surface area contributed by atoms with Crippen molar-refractivity contribution in [2.45, 2.75) is 0 Å². The average Bonchev–Trinajstić information content (AvgIpc) is 1.53. The summed E-state index contributed by atoms with van der Waals surface area (Å²) >= 11 is 0. The van der Waals surface area contributed by atoms with Crippen LogP contribution in [-0.4, -0.2) is 78.9 Å². The molecule has 0 bridgehead atoms. The third kappa shape index (κ3) is 14.3. The van der Waals surface area contributed by atoms with Gasteiger partial charge >= 0.3 is 60.3 Å². The van der Waals surface area contributed by atoms with Gasteiger partial charge in [0.2, 0.25) is 0 Å². The molecule has 0 amide bonds. The molecule has 21 aromatic rings. The molecule has 3 aliphatic rings. The van der Waals surface area contributed by atoms with Gasteiger partial charge in [-0.3, -0.25) is 9.97 Å². The van der Waals surface area contributed by atoms with Gasteiger partial charge in [-0.15, -0.1) is 87.8 Å². The van der Waals surface area contributed by atoms with E-state index in [0.717, 1.165) is 154 Å². The van der Waals surface area contributed by atoms with E-state index < -0.39 is 0 Å². The van der Waals surface area contributed by atoms with Crippen molar-refractivity contribution >= 4 is 165 Å². The molecule has 0 fully saturated rings. The van der Waals surface area contributed by atoms with Crippen LogP contribution in [0.15, 0.2) is 329 Å². The summed E-state index contributed by atoms with van der Waals surface area (Å²) in [6.07, 6.45) is 21.5. The molecule has 15 heterocycles. The Hall–Kier alpha value is -12.8. The third-order valence-electron chi connectivity index (χ3n) is 19.9. The van der Waals surface area contributed by atoms with Gasteiger partial charge in [-0.25, -0.2) is 4.98 Å². The van der Waals surface area contributed by atoms with Gasteiger partial charge in [-0.2, -0.15) is 111 Å². The maximum Gasteiger partial charge on any atom is 3.00 e. The Morgan fingerprint density at radius 2 is 0.728 bits per heavy atom. The van der Waals surface area contributed by atoms with E-state index in [1.165, 1.54) is 10.8 Å². The molecule has 0 saturated carbocycles. The van der Waals surface area contributed by atoms with E-state index in [1.54, 1.807) is 0 Å². The zero-order valence-electron chi connectivity index (χ0n) is 61.6. The van der Waals surface area contributed by atoms with Crippen molar-refractivity contribution in [3.63, 3.8) is 0 Å². The van der Waals surface area contributed by atoms with Gasteiger partial charge in [0, 0.05) is 73.7 Å². The minimum atomic E-state index is 0. The van der Waals surface area contributed by atoms with Gasteiger partial charge in [-0.1, -0.05) is 115 Å². The first-order valence-electron chi connectivity index (χ1n) is 36.4. The Bertz CT molecular complexity index is 6910. The third-order valence-corrected chi connectivity index (χ3v) is 19.9. The molecule has 18 heteroatoms. The van der Waals surface area contributed by atoms with E-state index in [-0.39, 0.29) is 60.3 Å². The maximum atomic E-state index is 4.99. The van der Waals surface area contributed by atoms with Crippen molar-refractivity contribution in [3.8, 4) is 0 Å². The molecular weight excluding hydrogens is 1940 g/mol. The van der Waals surface area contributed by atoms with Crippen LogP contribution < -0.4 is 14.7 Å². The van der Waals surface area contributed by atoms with Crippen LogP contribution in [-0.2, 0) is 60.3 Å². The summed E-state index contributed by atoms with van der Waals surface area (Å²) in [6.45, 7) is 6.02. The molecule has 3 aliphatic heterocycles. The summed E-state index contributed by atoms with van der Waals surface area (Å²) in [5, 5.41) is 13.5. The summed E-state index contributed by atoms with van der Waals surface area (Å²) in [4.78, 5) is 40.6. The Morgan fingerprint density at radius 1 is 0.307 bits per heavy atom. The quantitative estimate of drug-likeness (QED) is 0.0954. The number of hydrogen-bond donors (Lipinski definition) is 0. The molecule has 12 aromatic heterocycles. The van der Waals surface area contributed by atoms with E-state index in [4.69, 9.17) is 15.0 Å². The minimum absolute atomic E-state index is 0. The van der Waals surface area contributed by atoms with Gasteiger partial charge in [0.25, 0.3) is 0 Å². The molecule has 15 nitrogen and oxygen atoms in total. The molecule has 0 unspecified atom stereocenters. The van der Waals surface area contributed by atoms with Crippen molar-refractivity contribution in [3.05, 3.63) is 385 Å². The molecule has 24 rings (SSSR count). The molecule has 114 heavy (non-hydrogen) atoms. The fourth-order valence-corrected chi connectivity index (χ4v) is 14.9. The largest absolute Gasteiger partial charge is 3.00 e. The molecule has 9 aromatic carbocycles. The van der Waals surface area contributed by atoms with Gasteiger partial charge in [0.15, 0.2) is 0 Å². The Balaban J connectivity index is 0.000000106. The van der Waals surface area contributed by atoms with Crippen molar-refractivity contribution in [1.82, 2.24) is 57.8 Å². The van der Waals surface area contributed by atoms with E-state index in [2.05, 4.69) is 198 Å². The molecular formula is C96H66Ir3N15. The van der Waals surface area contributed by atoms with Gasteiger partial charge < -0.3 is 57.6 Å². The normalized spacial score (nSPS) is 12.9. The first-order chi connectivity index (χ1) is 54.8. The minimum Gasteiger partial charge on any atom is -0.510 e. The number of anilines is 3. The first kappa shape index (κ1) is 75.3. The number of hydrogen-bond acceptors (Lipinski definition) is 12. The van der Waals surface area contributed by atoms with Crippen LogP contribution in [0, 0.1) is 56.4 Å². The van der Waals surface area contributed by atoms with Crippen LogP contribution in [0.25, 0.3) is 148 Å². The number of rotatable bonds is 3. The number of para-hydroxylation sites is 8. The second-order valence-corrected chi connectivity index (χ2v) is 27.0. The molecule has 0 spiro atoms.